The average Bonchev–Trinajstić information content (AvgIpc) is 2.42. The summed E-state index contributed by atoms with van der Waals surface area (Å²) in [6.45, 7) is 2.46. The van der Waals surface area contributed by atoms with E-state index in [-0.39, 0.29) is 24.0 Å². The lowest BCUT2D eigenvalue weighted by molar-refractivity contribution is 0.414. The highest BCUT2D eigenvalue weighted by molar-refractivity contribution is 14.0. The molecule has 1 rings (SSSR count). The number of nitrogens with zero attached hydrogens (tertiary/aromatic N) is 1. The number of halogens is 1. The van der Waals surface area contributed by atoms with Crippen LogP contribution in [-0.4, -0.2) is 40.8 Å². The maximum atomic E-state index is 11.9. The maximum Gasteiger partial charge on any atom is 0.191 e. The molecule has 110 valence electrons. The van der Waals surface area contributed by atoms with Gasteiger partial charge in [-0.25, -0.2) is 0 Å². The van der Waals surface area contributed by atoms with Crippen LogP contribution >= 0.6 is 24.0 Å². The fraction of sp³-hybridized carbons (Fsp3) is 0.769. The lowest BCUT2D eigenvalue weighted by atomic mass is 9.95. The lowest BCUT2D eigenvalue weighted by Crippen LogP contribution is -2.46. The molecule has 0 heterocycles. The number of guanidine groups is 1. The fourth-order valence-corrected chi connectivity index (χ4v) is 3.62. The van der Waals surface area contributed by atoms with Crippen LogP contribution in [0.3, 0.4) is 0 Å². The van der Waals surface area contributed by atoms with Gasteiger partial charge in [-0.2, -0.15) is 0 Å². The smallest absolute Gasteiger partial charge is 0.191 e. The molecule has 6 heteroatoms. The van der Waals surface area contributed by atoms with Gasteiger partial charge in [0.05, 0.1) is 6.54 Å². The van der Waals surface area contributed by atoms with Gasteiger partial charge in [-0.3, -0.25) is 9.20 Å². The fourth-order valence-electron chi connectivity index (χ4n) is 2.27. The molecule has 1 saturated carbocycles. The van der Waals surface area contributed by atoms with Gasteiger partial charge in [0.15, 0.2) is 5.96 Å². The zero-order valence-corrected chi connectivity index (χ0v) is 14.8. The van der Waals surface area contributed by atoms with Gasteiger partial charge in [-0.1, -0.05) is 19.3 Å². The molecular weight excluding hydrogens is 373 g/mol. The second-order valence-corrected chi connectivity index (χ2v) is 6.43. The third-order valence-corrected chi connectivity index (χ3v) is 4.95. The van der Waals surface area contributed by atoms with Crippen LogP contribution < -0.4 is 10.6 Å². The Morgan fingerprint density at radius 1 is 1.53 bits per heavy atom. The van der Waals surface area contributed by atoms with Crippen molar-refractivity contribution < 1.29 is 4.21 Å². The molecular formula is C13H24IN3OS. The minimum absolute atomic E-state index is 0. The Kier molecular flexibility index (Phi) is 10.3. The molecule has 0 aromatic heterocycles. The van der Waals surface area contributed by atoms with Crippen LogP contribution in [0.2, 0.25) is 0 Å². The molecule has 0 aliphatic heterocycles. The number of hydrogen-bond acceptors (Lipinski definition) is 2. The first kappa shape index (κ1) is 18.7. The van der Waals surface area contributed by atoms with Crippen LogP contribution in [0.1, 0.15) is 32.6 Å². The van der Waals surface area contributed by atoms with Crippen molar-refractivity contribution >= 4 is 40.7 Å². The lowest BCUT2D eigenvalue weighted by Gasteiger charge is -2.30. The summed E-state index contributed by atoms with van der Waals surface area (Å²) < 4.78 is 11.9. The van der Waals surface area contributed by atoms with Crippen LogP contribution in [0.4, 0.5) is 0 Å². The van der Waals surface area contributed by atoms with Crippen LogP contribution in [-0.2, 0) is 10.8 Å². The molecule has 0 aromatic rings. The van der Waals surface area contributed by atoms with E-state index in [0.717, 1.165) is 37.4 Å². The van der Waals surface area contributed by atoms with Crippen molar-refractivity contribution in [3.63, 3.8) is 0 Å². The van der Waals surface area contributed by atoms with Gasteiger partial charge in [0.2, 0.25) is 0 Å². The number of aliphatic imine (C=N–C) groups is 1. The predicted octanol–water partition coefficient (Wildman–Crippen LogP) is 1.48. The topological polar surface area (TPSA) is 53.5 Å². The quantitative estimate of drug-likeness (QED) is 0.327. The highest BCUT2D eigenvalue weighted by atomic mass is 127. The molecule has 1 aliphatic carbocycles. The van der Waals surface area contributed by atoms with Crippen molar-refractivity contribution in [2.75, 3.05) is 19.3 Å². The van der Waals surface area contributed by atoms with Crippen molar-refractivity contribution in [1.82, 2.24) is 10.6 Å². The molecule has 3 atom stereocenters. The van der Waals surface area contributed by atoms with Crippen LogP contribution in [0.25, 0.3) is 0 Å². The van der Waals surface area contributed by atoms with E-state index in [1.165, 1.54) is 0 Å². The van der Waals surface area contributed by atoms with Gasteiger partial charge in [-0.05, 0) is 19.3 Å². The van der Waals surface area contributed by atoms with Crippen molar-refractivity contribution in [2.45, 2.75) is 43.9 Å². The summed E-state index contributed by atoms with van der Waals surface area (Å²) in [6.07, 6.45) is 9.47. The Labute approximate surface area is 136 Å². The van der Waals surface area contributed by atoms with E-state index in [1.807, 2.05) is 6.92 Å². The summed E-state index contributed by atoms with van der Waals surface area (Å²) in [5, 5.41) is 6.74. The minimum atomic E-state index is -0.689. The normalized spacial score (nSPS) is 24.8. The number of nitrogens with one attached hydrogen (secondary N) is 2. The van der Waals surface area contributed by atoms with Crippen LogP contribution in [0, 0.1) is 12.3 Å². The van der Waals surface area contributed by atoms with E-state index >= 15 is 0 Å². The predicted molar refractivity (Wildman–Crippen MR) is 93.5 cm³/mol. The van der Waals surface area contributed by atoms with Gasteiger partial charge in [-0.15, -0.1) is 30.4 Å². The first-order valence-corrected chi connectivity index (χ1v) is 7.87. The summed E-state index contributed by atoms with van der Waals surface area (Å²) in [7, 11) is 1.04. The van der Waals surface area contributed by atoms with Crippen molar-refractivity contribution in [2.24, 2.45) is 4.99 Å². The largest absolute Gasteiger partial charge is 0.354 e. The third kappa shape index (κ3) is 6.61. The van der Waals surface area contributed by atoms with E-state index in [2.05, 4.69) is 21.5 Å². The van der Waals surface area contributed by atoms with Crippen LogP contribution in [0.15, 0.2) is 4.99 Å². The molecule has 0 spiro atoms. The molecule has 0 aromatic carbocycles. The SMILES string of the molecule is C#CCNC(=NC)NC1CCCC(S(=O)CC)C1.I. The highest BCUT2D eigenvalue weighted by Gasteiger charge is 2.25. The zero-order valence-electron chi connectivity index (χ0n) is 11.6. The van der Waals surface area contributed by atoms with Crippen molar-refractivity contribution in [3.8, 4) is 12.3 Å². The molecule has 0 bridgehead atoms. The van der Waals surface area contributed by atoms with E-state index < -0.39 is 10.8 Å². The van der Waals surface area contributed by atoms with Crippen molar-refractivity contribution in [1.29, 1.82) is 0 Å². The Bertz CT molecular complexity index is 354. The molecule has 0 radical (unpaired) electrons. The van der Waals surface area contributed by atoms with Crippen LogP contribution in [0.5, 0.6) is 0 Å². The molecule has 19 heavy (non-hydrogen) atoms. The third-order valence-electron chi connectivity index (χ3n) is 3.20. The molecule has 1 fully saturated rings. The first-order chi connectivity index (χ1) is 8.71. The van der Waals surface area contributed by atoms with E-state index in [4.69, 9.17) is 6.42 Å². The molecule has 0 amide bonds. The second kappa shape index (κ2) is 10.5. The summed E-state index contributed by atoms with van der Waals surface area (Å²) in [4.78, 5) is 4.13. The Hall–Kier alpha value is -0.290. The monoisotopic (exact) mass is 397 g/mol. The first-order valence-electron chi connectivity index (χ1n) is 6.49. The molecule has 1 aliphatic rings. The van der Waals surface area contributed by atoms with Gasteiger partial charge < -0.3 is 10.6 Å². The minimum Gasteiger partial charge on any atom is -0.354 e. The van der Waals surface area contributed by atoms with Gasteiger partial charge in [0, 0.05) is 34.9 Å². The highest BCUT2D eigenvalue weighted by Crippen LogP contribution is 2.22. The Morgan fingerprint density at radius 2 is 2.26 bits per heavy atom. The number of rotatable bonds is 4. The van der Waals surface area contributed by atoms with Gasteiger partial charge in [0.25, 0.3) is 0 Å². The average molecular weight is 397 g/mol. The van der Waals surface area contributed by atoms with E-state index in [1.54, 1.807) is 7.05 Å². The molecule has 0 saturated heterocycles. The molecule has 4 nitrogen and oxygen atoms in total. The van der Waals surface area contributed by atoms with E-state index in [0.29, 0.717) is 17.8 Å². The van der Waals surface area contributed by atoms with Gasteiger partial charge in [0.1, 0.15) is 0 Å². The maximum absolute atomic E-state index is 11.9. The Morgan fingerprint density at radius 3 is 2.84 bits per heavy atom. The van der Waals surface area contributed by atoms with E-state index in [9.17, 15) is 4.21 Å². The second-order valence-electron chi connectivity index (χ2n) is 4.43. The standard InChI is InChI=1S/C13H23N3OS.HI/c1-4-9-15-13(14-3)16-11-7-6-8-12(10-11)18(17)5-2;/h1,11-12H,5-10H2,2-3H3,(H2,14,15,16);1H. The summed E-state index contributed by atoms with van der Waals surface area (Å²) in [5.74, 6) is 4.01. The number of terminal acetylenes is 1. The Balaban J connectivity index is 0.00000324. The summed E-state index contributed by atoms with van der Waals surface area (Å²) in [5.41, 5.74) is 0. The summed E-state index contributed by atoms with van der Waals surface area (Å²) >= 11 is 0. The molecule has 3 unspecified atom stereocenters. The number of hydrogen-bond donors (Lipinski definition) is 2. The zero-order chi connectivity index (χ0) is 13.4. The summed E-state index contributed by atoms with van der Waals surface area (Å²) in [6, 6.07) is 0.350. The van der Waals surface area contributed by atoms with Gasteiger partial charge >= 0.3 is 0 Å². The molecule has 2 N–H and O–H groups in total. The van der Waals surface area contributed by atoms with Crippen molar-refractivity contribution in [3.05, 3.63) is 0 Å².